The minimum Gasteiger partial charge on any atom is -0.380 e. The highest BCUT2D eigenvalue weighted by molar-refractivity contribution is 6.06. The van der Waals surface area contributed by atoms with E-state index in [2.05, 4.69) is 25.8 Å². The SMILES string of the molecule is C[C@]1([C@@H](O)C(=O)Nc2ccc3c(N)noc3c2)OCCN(c2ccn(-c3cnnc(C#N)c3)n2)C1=O. The topological polar surface area (TPSA) is 198 Å². The molecule has 2 amide bonds. The lowest BCUT2D eigenvalue weighted by atomic mass is 9.94. The fourth-order valence-corrected chi connectivity index (χ4v) is 3.83. The van der Waals surface area contributed by atoms with Crippen molar-refractivity contribution in [3.05, 3.63) is 48.4 Å². The van der Waals surface area contributed by atoms with Gasteiger partial charge in [0.05, 0.1) is 30.4 Å². The number of aliphatic hydroxyl groups is 1. The lowest BCUT2D eigenvalue weighted by Gasteiger charge is -2.40. The maximum atomic E-state index is 13.4. The third-order valence-corrected chi connectivity index (χ3v) is 5.79. The molecule has 2 atom stereocenters. The number of fused-ring (bicyclic) bond motifs is 1. The number of carbonyl (C=O) groups excluding carboxylic acids is 2. The Kier molecular flexibility index (Phi) is 5.55. The summed E-state index contributed by atoms with van der Waals surface area (Å²) in [7, 11) is 0. The lowest BCUT2D eigenvalue weighted by Crippen LogP contribution is -2.63. The molecular weight excluding hydrogens is 470 g/mol. The molecule has 3 aromatic heterocycles. The van der Waals surface area contributed by atoms with Gasteiger partial charge in [0, 0.05) is 30.1 Å². The molecule has 0 radical (unpaired) electrons. The molecule has 1 fully saturated rings. The van der Waals surface area contributed by atoms with Crippen LogP contribution in [0.5, 0.6) is 0 Å². The zero-order valence-electron chi connectivity index (χ0n) is 18.8. The summed E-state index contributed by atoms with van der Waals surface area (Å²) in [6.07, 6.45) is 1.16. The molecule has 0 saturated carbocycles. The number of nitriles is 1. The summed E-state index contributed by atoms with van der Waals surface area (Å²) in [6.45, 7) is 1.55. The maximum absolute atomic E-state index is 13.4. The quantitative estimate of drug-likeness (QED) is 0.350. The van der Waals surface area contributed by atoms with E-state index in [4.69, 9.17) is 20.3 Å². The Morgan fingerprint density at radius 1 is 1.36 bits per heavy atom. The third kappa shape index (κ3) is 3.87. The van der Waals surface area contributed by atoms with Crippen molar-refractivity contribution in [3.8, 4) is 11.8 Å². The van der Waals surface area contributed by atoms with E-state index in [1.807, 2.05) is 6.07 Å². The Morgan fingerprint density at radius 3 is 3.00 bits per heavy atom. The number of anilines is 3. The molecule has 4 N–H and O–H groups in total. The average molecular weight is 489 g/mol. The summed E-state index contributed by atoms with van der Waals surface area (Å²) >= 11 is 0. The van der Waals surface area contributed by atoms with Crippen molar-refractivity contribution in [3.63, 3.8) is 0 Å². The zero-order valence-corrected chi connectivity index (χ0v) is 18.8. The second kappa shape index (κ2) is 8.73. The molecule has 36 heavy (non-hydrogen) atoms. The number of rotatable bonds is 5. The van der Waals surface area contributed by atoms with Crippen LogP contribution in [0.4, 0.5) is 17.3 Å². The van der Waals surface area contributed by atoms with Gasteiger partial charge in [-0.3, -0.25) is 14.5 Å². The number of amides is 2. The fraction of sp³-hybridized carbons (Fsp3) is 0.227. The second-order valence-corrected chi connectivity index (χ2v) is 8.11. The number of carbonyl (C=O) groups is 2. The van der Waals surface area contributed by atoms with E-state index in [0.717, 1.165) is 0 Å². The van der Waals surface area contributed by atoms with Gasteiger partial charge in [-0.2, -0.15) is 10.4 Å². The van der Waals surface area contributed by atoms with Crippen molar-refractivity contribution < 1.29 is 24.0 Å². The van der Waals surface area contributed by atoms with Crippen LogP contribution < -0.4 is 16.0 Å². The number of aromatic nitrogens is 5. The van der Waals surface area contributed by atoms with Crippen LogP contribution in [0.25, 0.3) is 16.7 Å². The Bertz CT molecular complexity index is 1520. The van der Waals surface area contributed by atoms with Crippen LogP contribution >= 0.6 is 0 Å². The fourth-order valence-electron chi connectivity index (χ4n) is 3.83. The van der Waals surface area contributed by atoms with Gasteiger partial charge in [-0.25, -0.2) is 4.68 Å². The number of nitrogen functional groups attached to an aromatic ring is 1. The van der Waals surface area contributed by atoms with Gasteiger partial charge in [-0.15, -0.1) is 10.2 Å². The Hall–Kier alpha value is -4.87. The molecule has 1 aromatic carbocycles. The molecule has 182 valence electrons. The number of hydrogen-bond acceptors (Lipinski definition) is 11. The van der Waals surface area contributed by atoms with Crippen LogP contribution in [0.3, 0.4) is 0 Å². The monoisotopic (exact) mass is 489 g/mol. The van der Waals surface area contributed by atoms with E-state index in [0.29, 0.717) is 22.3 Å². The van der Waals surface area contributed by atoms with Crippen molar-refractivity contribution in [2.75, 3.05) is 29.1 Å². The summed E-state index contributed by atoms with van der Waals surface area (Å²) in [6, 6.07) is 9.66. The van der Waals surface area contributed by atoms with E-state index >= 15 is 0 Å². The van der Waals surface area contributed by atoms with E-state index in [-0.39, 0.29) is 30.5 Å². The molecule has 5 rings (SSSR count). The van der Waals surface area contributed by atoms with Gasteiger partial charge in [-0.1, -0.05) is 5.16 Å². The first-order chi connectivity index (χ1) is 17.3. The standard InChI is InChI=1S/C22H19N9O5/c1-22(18(32)20(33)26-12-2-3-15-16(9-12)36-29-19(15)24)21(34)30(6-7-35-22)17-4-5-31(28-17)14-8-13(10-23)27-25-11-14/h2-5,8-9,11,18,32H,6-7H2,1H3,(H2,24,29)(H,26,33)/t18-,22+/m0/s1. The molecule has 14 nitrogen and oxygen atoms in total. The van der Waals surface area contributed by atoms with E-state index < -0.39 is 23.5 Å². The van der Waals surface area contributed by atoms with E-state index in [1.54, 1.807) is 24.4 Å². The third-order valence-electron chi connectivity index (χ3n) is 5.79. The molecule has 1 aliphatic heterocycles. The normalized spacial score (nSPS) is 18.7. The predicted molar refractivity (Wildman–Crippen MR) is 124 cm³/mol. The Morgan fingerprint density at radius 2 is 2.19 bits per heavy atom. The molecule has 1 saturated heterocycles. The van der Waals surface area contributed by atoms with Crippen LogP contribution in [-0.2, 0) is 14.3 Å². The number of ether oxygens (including phenoxy) is 1. The van der Waals surface area contributed by atoms with E-state index in [9.17, 15) is 14.7 Å². The molecule has 4 heterocycles. The number of hydrogen-bond donors (Lipinski definition) is 3. The lowest BCUT2D eigenvalue weighted by molar-refractivity contribution is -0.170. The maximum Gasteiger partial charge on any atom is 0.263 e. The van der Waals surface area contributed by atoms with Gasteiger partial charge in [0.25, 0.3) is 11.8 Å². The van der Waals surface area contributed by atoms with Crippen molar-refractivity contribution >= 4 is 40.1 Å². The average Bonchev–Trinajstić information content (AvgIpc) is 3.52. The highest BCUT2D eigenvalue weighted by atomic mass is 16.5. The zero-order chi connectivity index (χ0) is 25.4. The van der Waals surface area contributed by atoms with Crippen LogP contribution in [0.1, 0.15) is 12.6 Å². The molecule has 0 spiro atoms. The molecule has 4 aromatic rings. The van der Waals surface area contributed by atoms with Crippen molar-refractivity contribution in [1.29, 1.82) is 5.26 Å². The van der Waals surface area contributed by atoms with Crippen LogP contribution in [0.15, 0.2) is 47.2 Å². The Labute approximate surface area is 202 Å². The van der Waals surface area contributed by atoms with Gasteiger partial charge in [0.2, 0.25) is 0 Å². The first-order valence-electron chi connectivity index (χ1n) is 10.7. The van der Waals surface area contributed by atoms with Gasteiger partial charge < -0.3 is 25.4 Å². The number of nitrogens with two attached hydrogens (primary N) is 1. The molecule has 0 aliphatic carbocycles. The highest BCUT2D eigenvalue weighted by Crippen LogP contribution is 2.29. The van der Waals surface area contributed by atoms with Gasteiger partial charge in [-0.05, 0) is 19.1 Å². The predicted octanol–water partition coefficient (Wildman–Crippen LogP) is 0.379. The molecule has 0 unspecified atom stereocenters. The smallest absolute Gasteiger partial charge is 0.263 e. The van der Waals surface area contributed by atoms with Crippen LogP contribution in [0, 0.1) is 11.3 Å². The second-order valence-electron chi connectivity index (χ2n) is 8.11. The summed E-state index contributed by atoms with van der Waals surface area (Å²) in [5.41, 5.74) is 5.07. The summed E-state index contributed by atoms with van der Waals surface area (Å²) < 4.78 is 12.1. The molecular formula is C22H19N9O5. The van der Waals surface area contributed by atoms with E-state index in [1.165, 1.54) is 34.8 Å². The minimum atomic E-state index is -1.88. The van der Waals surface area contributed by atoms with Crippen molar-refractivity contribution in [1.82, 2.24) is 25.1 Å². The molecule has 14 heteroatoms. The van der Waals surface area contributed by atoms with Crippen LogP contribution in [0.2, 0.25) is 0 Å². The summed E-state index contributed by atoms with van der Waals surface area (Å²) in [5, 5.41) is 38.5. The number of nitrogens with zero attached hydrogens (tertiary/aromatic N) is 7. The first-order valence-corrected chi connectivity index (χ1v) is 10.7. The van der Waals surface area contributed by atoms with Gasteiger partial charge in [0.15, 0.2) is 34.6 Å². The number of nitrogens with one attached hydrogen (secondary N) is 1. The summed E-state index contributed by atoms with van der Waals surface area (Å²) in [5.74, 6) is -1.02. The number of benzene rings is 1. The minimum absolute atomic E-state index is 0.0537. The molecule has 1 aliphatic rings. The number of aliphatic hydroxyl groups excluding tert-OH is 1. The van der Waals surface area contributed by atoms with Gasteiger partial charge in [0.1, 0.15) is 6.07 Å². The Balaban J connectivity index is 1.34. The summed E-state index contributed by atoms with van der Waals surface area (Å²) in [4.78, 5) is 27.6. The molecule has 0 bridgehead atoms. The largest absolute Gasteiger partial charge is 0.380 e. The highest BCUT2D eigenvalue weighted by Gasteiger charge is 2.51. The van der Waals surface area contributed by atoms with Crippen LogP contribution in [-0.4, -0.2) is 66.9 Å². The van der Waals surface area contributed by atoms with Gasteiger partial charge >= 0.3 is 0 Å². The number of morpholine rings is 1. The first kappa shape index (κ1) is 22.9. The van der Waals surface area contributed by atoms with Crippen molar-refractivity contribution in [2.24, 2.45) is 0 Å². The van der Waals surface area contributed by atoms with Crippen molar-refractivity contribution in [2.45, 2.75) is 18.6 Å².